The van der Waals surface area contributed by atoms with Crippen molar-refractivity contribution in [3.8, 4) is 11.3 Å². The molecule has 1 aromatic carbocycles. The lowest BCUT2D eigenvalue weighted by molar-refractivity contribution is 0.0951. The first-order valence-corrected chi connectivity index (χ1v) is 11.7. The van der Waals surface area contributed by atoms with E-state index < -0.39 is 0 Å². The van der Waals surface area contributed by atoms with Crippen molar-refractivity contribution in [3.63, 3.8) is 0 Å². The summed E-state index contributed by atoms with van der Waals surface area (Å²) >= 11 is 0. The van der Waals surface area contributed by atoms with Gasteiger partial charge in [-0.3, -0.25) is 9.78 Å². The van der Waals surface area contributed by atoms with Gasteiger partial charge in [0.25, 0.3) is 0 Å². The largest absolute Gasteiger partial charge is 0.444 e. The zero-order valence-electron chi connectivity index (χ0n) is 18.5. The van der Waals surface area contributed by atoms with Gasteiger partial charge in [0.15, 0.2) is 17.9 Å². The van der Waals surface area contributed by atoms with Crippen LogP contribution in [-0.2, 0) is 6.42 Å². The van der Waals surface area contributed by atoms with Crippen LogP contribution in [0.15, 0.2) is 65.8 Å². The Morgan fingerprint density at radius 1 is 0.970 bits per heavy atom. The van der Waals surface area contributed by atoms with E-state index in [1.807, 2.05) is 42.6 Å². The molecule has 2 fully saturated rings. The van der Waals surface area contributed by atoms with E-state index >= 15 is 0 Å². The fourth-order valence-electron chi connectivity index (χ4n) is 5.21. The Morgan fingerprint density at radius 3 is 2.61 bits per heavy atom. The first-order chi connectivity index (χ1) is 16.2. The van der Waals surface area contributed by atoms with Gasteiger partial charge < -0.3 is 9.32 Å². The van der Waals surface area contributed by atoms with Crippen LogP contribution >= 0.6 is 0 Å². The van der Waals surface area contributed by atoms with Gasteiger partial charge in [-0.15, -0.1) is 0 Å². The minimum Gasteiger partial charge on any atom is -0.444 e. The van der Waals surface area contributed by atoms with Gasteiger partial charge in [0.2, 0.25) is 0 Å². The molecule has 1 saturated carbocycles. The minimum absolute atomic E-state index is 0.0596. The molecule has 3 aromatic heterocycles. The van der Waals surface area contributed by atoms with Crippen molar-refractivity contribution in [1.29, 1.82) is 0 Å². The van der Waals surface area contributed by atoms with Crippen molar-refractivity contribution in [2.45, 2.75) is 38.5 Å². The number of pyridine rings is 2. The zero-order chi connectivity index (χ0) is 22.3. The van der Waals surface area contributed by atoms with Crippen LogP contribution in [0, 0.1) is 5.41 Å². The molecule has 2 aliphatic rings. The van der Waals surface area contributed by atoms with Crippen LogP contribution in [0.2, 0.25) is 0 Å². The van der Waals surface area contributed by atoms with Crippen LogP contribution in [0.4, 0.5) is 5.82 Å². The maximum Gasteiger partial charge on any atom is 0.181 e. The quantitative estimate of drug-likeness (QED) is 0.384. The summed E-state index contributed by atoms with van der Waals surface area (Å²) < 4.78 is 5.41. The molecule has 1 spiro atoms. The third-order valence-electron chi connectivity index (χ3n) is 7.47. The van der Waals surface area contributed by atoms with Crippen LogP contribution in [0.25, 0.3) is 22.1 Å². The third kappa shape index (κ3) is 3.90. The molecular weight excluding hydrogens is 412 g/mol. The molecule has 4 heterocycles. The van der Waals surface area contributed by atoms with Crippen molar-refractivity contribution in [3.05, 3.63) is 72.6 Å². The summed E-state index contributed by atoms with van der Waals surface area (Å²) in [6, 6.07) is 11.8. The maximum atomic E-state index is 13.1. The molecule has 6 heteroatoms. The molecule has 0 bridgehead atoms. The van der Waals surface area contributed by atoms with E-state index in [9.17, 15) is 4.79 Å². The highest BCUT2D eigenvalue weighted by atomic mass is 16.3. The number of rotatable bonds is 5. The highest BCUT2D eigenvalue weighted by molar-refractivity contribution is 5.98. The number of oxazole rings is 1. The fraction of sp³-hybridized carbons (Fsp3) is 0.333. The molecule has 0 N–H and O–H groups in total. The van der Waals surface area contributed by atoms with Crippen molar-refractivity contribution >= 4 is 22.4 Å². The van der Waals surface area contributed by atoms with Gasteiger partial charge in [0, 0.05) is 47.7 Å². The van der Waals surface area contributed by atoms with Crippen LogP contribution in [0.3, 0.4) is 0 Å². The molecule has 1 aliphatic heterocycles. The lowest BCUT2D eigenvalue weighted by Gasteiger charge is -2.48. The lowest BCUT2D eigenvalue weighted by Crippen LogP contribution is -2.43. The number of carbonyl (C=O) groups excluding carboxylic acids is 1. The second-order valence-electron chi connectivity index (χ2n) is 9.45. The highest BCUT2D eigenvalue weighted by Gasteiger charge is 2.39. The van der Waals surface area contributed by atoms with E-state index in [2.05, 4.69) is 19.9 Å². The Hall–Kier alpha value is -3.54. The van der Waals surface area contributed by atoms with Gasteiger partial charge in [-0.05, 0) is 60.7 Å². The number of ketones is 1. The number of hydrogen-bond acceptors (Lipinski definition) is 6. The van der Waals surface area contributed by atoms with Gasteiger partial charge in [-0.25, -0.2) is 9.97 Å². The third-order valence-corrected chi connectivity index (χ3v) is 7.47. The predicted molar refractivity (Wildman–Crippen MR) is 127 cm³/mol. The SMILES string of the molecule is O=C(Cc1cc2cc(-c3cnco3)ccc2cn1)c1ccnc(N2CCC3(CCC3)CC2)c1. The summed E-state index contributed by atoms with van der Waals surface area (Å²) in [4.78, 5) is 28.5. The van der Waals surface area contributed by atoms with Crippen LogP contribution < -0.4 is 4.90 Å². The average Bonchev–Trinajstić information content (AvgIpc) is 3.38. The summed E-state index contributed by atoms with van der Waals surface area (Å²) in [5.74, 6) is 1.69. The number of Topliss-reactive ketones (excluding diaryl/α,β-unsaturated/α-hetero) is 1. The van der Waals surface area contributed by atoms with Crippen LogP contribution in [0.5, 0.6) is 0 Å². The normalized spacial score (nSPS) is 17.3. The van der Waals surface area contributed by atoms with E-state index in [4.69, 9.17) is 4.42 Å². The second-order valence-corrected chi connectivity index (χ2v) is 9.45. The molecule has 166 valence electrons. The second kappa shape index (κ2) is 8.10. The van der Waals surface area contributed by atoms with E-state index in [-0.39, 0.29) is 12.2 Å². The fourth-order valence-corrected chi connectivity index (χ4v) is 5.21. The molecule has 0 atom stereocenters. The molecular formula is C27H26N4O2. The van der Waals surface area contributed by atoms with E-state index in [0.29, 0.717) is 11.0 Å². The Morgan fingerprint density at radius 2 is 1.85 bits per heavy atom. The summed E-state index contributed by atoms with van der Waals surface area (Å²) in [5, 5.41) is 2.05. The molecule has 6 nitrogen and oxygen atoms in total. The molecule has 1 saturated heterocycles. The standard InChI is InChI=1S/C27H26N4O2/c32-24(19-4-9-29-26(14-19)31-10-7-27(8-11-31)5-1-6-27)15-23-13-22-12-20(25-17-28-18-33-25)2-3-21(22)16-30-23/h2-4,9,12-14,16-18H,1,5-8,10-11,15H2. The van der Waals surface area contributed by atoms with Gasteiger partial charge in [-0.2, -0.15) is 0 Å². The maximum absolute atomic E-state index is 13.1. The number of hydrogen-bond donors (Lipinski definition) is 0. The lowest BCUT2D eigenvalue weighted by atomic mass is 9.63. The Labute approximate surface area is 192 Å². The molecule has 0 radical (unpaired) electrons. The van der Waals surface area contributed by atoms with Crippen molar-refractivity contribution in [2.24, 2.45) is 5.41 Å². The van der Waals surface area contributed by atoms with E-state index in [0.717, 1.165) is 46.7 Å². The summed E-state index contributed by atoms with van der Waals surface area (Å²) in [6.45, 7) is 2.06. The van der Waals surface area contributed by atoms with Gasteiger partial charge in [-0.1, -0.05) is 18.6 Å². The monoisotopic (exact) mass is 438 g/mol. The Balaban J connectivity index is 1.19. The number of nitrogens with zero attached hydrogens (tertiary/aromatic N) is 4. The molecule has 0 amide bonds. The zero-order valence-corrected chi connectivity index (χ0v) is 18.5. The van der Waals surface area contributed by atoms with E-state index in [1.165, 1.54) is 38.5 Å². The molecule has 0 unspecified atom stereocenters. The summed E-state index contributed by atoms with van der Waals surface area (Å²) in [6.07, 6.45) is 13.6. The molecule has 33 heavy (non-hydrogen) atoms. The van der Waals surface area contributed by atoms with Gasteiger partial charge >= 0.3 is 0 Å². The highest BCUT2D eigenvalue weighted by Crippen LogP contribution is 2.49. The summed E-state index contributed by atoms with van der Waals surface area (Å²) in [7, 11) is 0. The Bertz CT molecular complexity index is 1300. The number of fused-ring (bicyclic) bond motifs is 1. The number of aromatic nitrogens is 3. The first kappa shape index (κ1) is 20.1. The topological polar surface area (TPSA) is 72.1 Å². The number of piperidine rings is 1. The molecule has 4 aromatic rings. The van der Waals surface area contributed by atoms with Crippen molar-refractivity contribution in [1.82, 2.24) is 15.0 Å². The van der Waals surface area contributed by atoms with E-state index in [1.54, 1.807) is 12.4 Å². The van der Waals surface area contributed by atoms with Gasteiger partial charge in [0.1, 0.15) is 5.82 Å². The molecule has 6 rings (SSSR count). The average molecular weight is 439 g/mol. The first-order valence-electron chi connectivity index (χ1n) is 11.7. The Kier molecular flexibility index (Phi) is 4.93. The number of anilines is 1. The smallest absolute Gasteiger partial charge is 0.181 e. The van der Waals surface area contributed by atoms with Crippen molar-refractivity contribution < 1.29 is 9.21 Å². The summed E-state index contributed by atoms with van der Waals surface area (Å²) in [5.41, 5.74) is 3.00. The van der Waals surface area contributed by atoms with Crippen LogP contribution in [0.1, 0.15) is 48.2 Å². The number of carbonyl (C=O) groups is 1. The van der Waals surface area contributed by atoms with Gasteiger partial charge in [0.05, 0.1) is 12.6 Å². The molecule has 1 aliphatic carbocycles. The number of benzene rings is 1. The van der Waals surface area contributed by atoms with Crippen LogP contribution in [-0.4, -0.2) is 33.8 Å². The van der Waals surface area contributed by atoms with Crippen molar-refractivity contribution in [2.75, 3.05) is 18.0 Å². The predicted octanol–water partition coefficient (Wildman–Crippen LogP) is 5.48. The minimum atomic E-state index is 0.0596.